The van der Waals surface area contributed by atoms with Crippen molar-refractivity contribution in [1.82, 2.24) is 0 Å². The molecule has 1 N–H and O–H groups in total. The zero-order valence-electron chi connectivity index (χ0n) is 7.25. The van der Waals surface area contributed by atoms with Crippen molar-refractivity contribution >= 4 is 5.78 Å². The normalized spacial score (nSPS) is 36.0. The predicted octanol–water partition coefficient (Wildman–Crippen LogP) is 1.24. The van der Waals surface area contributed by atoms with Crippen LogP contribution >= 0.6 is 0 Å². The van der Waals surface area contributed by atoms with Crippen LogP contribution in [0, 0.1) is 5.92 Å². The number of ketones is 1. The van der Waals surface area contributed by atoms with Crippen LogP contribution in [-0.4, -0.2) is 23.2 Å². The number of hydrogen-bond donors (Lipinski definition) is 1. The Balaban J connectivity index is 2.85. The second kappa shape index (κ2) is 3.35. The van der Waals surface area contributed by atoms with Crippen molar-refractivity contribution in [2.75, 3.05) is 0 Å². The minimum Gasteiger partial charge on any atom is -0.388 e. The lowest BCUT2D eigenvalue weighted by atomic mass is 9.86. The molecule has 0 aliphatic heterocycles. The van der Waals surface area contributed by atoms with Gasteiger partial charge in [-0.05, 0) is 25.3 Å². The Hall–Kier alpha value is -0.700. The second-order valence-corrected chi connectivity index (χ2v) is 3.35. The Labute approximate surface area is 71.1 Å². The minimum atomic E-state index is -1.09. The summed E-state index contributed by atoms with van der Waals surface area (Å²) in [5, 5.41) is 9.37. The maximum atomic E-state index is 13.0. The number of rotatable bonds is 1. The third-order valence-corrected chi connectivity index (χ3v) is 2.24. The van der Waals surface area contributed by atoms with Crippen molar-refractivity contribution in [3.05, 3.63) is 11.6 Å². The molecule has 0 amide bonds. The fourth-order valence-corrected chi connectivity index (χ4v) is 1.41. The van der Waals surface area contributed by atoms with Crippen molar-refractivity contribution in [1.29, 1.82) is 0 Å². The molecule has 68 valence electrons. The average molecular weight is 172 g/mol. The van der Waals surface area contributed by atoms with Crippen LogP contribution < -0.4 is 0 Å². The molecule has 0 aromatic carbocycles. The van der Waals surface area contributed by atoms with E-state index in [1.54, 1.807) is 6.92 Å². The molecule has 0 aromatic heterocycles. The molecular weight excluding hydrogens is 159 g/mol. The molecule has 0 bridgehead atoms. The highest BCUT2D eigenvalue weighted by molar-refractivity contribution is 5.94. The van der Waals surface area contributed by atoms with Crippen molar-refractivity contribution in [2.45, 2.75) is 32.5 Å². The summed E-state index contributed by atoms with van der Waals surface area (Å²) in [6, 6.07) is 0. The molecule has 3 heteroatoms. The first-order chi connectivity index (χ1) is 5.52. The fraction of sp³-hybridized carbons (Fsp3) is 0.667. The first-order valence-electron chi connectivity index (χ1n) is 4.07. The van der Waals surface area contributed by atoms with Gasteiger partial charge in [0.25, 0.3) is 0 Å². The van der Waals surface area contributed by atoms with Crippen LogP contribution in [0.3, 0.4) is 0 Å². The summed E-state index contributed by atoms with van der Waals surface area (Å²) >= 11 is 0. The zero-order valence-corrected chi connectivity index (χ0v) is 7.25. The van der Waals surface area contributed by atoms with Gasteiger partial charge >= 0.3 is 0 Å². The van der Waals surface area contributed by atoms with E-state index < -0.39 is 12.3 Å². The summed E-state index contributed by atoms with van der Waals surface area (Å²) in [4.78, 5) is 10.9. The van der Waals surface area contributed by atoms with E-state index in [2.05, 4.69) is 0 Å². The van der Waals surface area contributed by atoms with Gasteiger partial charge < -0.3 is 5.11 Å². The van der Waals surface area contributed by atoms with E-state index in [0.717, 1.165) is 0 Å². The Morgan fingerprint density at radius 3 is 2.83 bits per heavy atom. The summed E-state index contributed by atoms with van der Waals surface area (Å²) < 4.78 is 13.0. The summed E-state index contributed by atoms with van der Waals surface area (Å²) in [6.07, 6.45) is -0.287. The van der Waals surface area contributed by atoms with Crippen LogP contribution in [-0.2, 0) is 4.79 Å². The third kappa shape index (κ3) is 1.72. The van der Waals surface area contributed by atoms with Crippen molar-refractivity contribution in [3.63, 3.8) is 0 Å². The van der Waals surface area contributed by atoms with Crippen LogP contribution in [0.4, 0.5) is 4.39 Å². The molecule has 0 saturated heterocycles. The van der Waals surface area contributed by atoms with Crippen LogP contribution in [0.2, 0.25) is 0 Å². The van der Waals surface area contributed by atoms with E-state index >= 15 is 0 Å². The van der Waals surface area contributed by atoms with Gasteiger partial charge in [-0.2, -0.15) is 0 Å². The lowest BCUT2D eigenvalue weighted by molar-refractivity contribution is -0.114. The highest BCUT2D eigenvalue weighted by Crippen LogP contribution is 2.26. The number of Topliss-reactive ketones (excluding diaryl/α,β-unsaturated/α-hetero) is 1. The first kappa shape index (κ1) is 9.39. The molecular formula is C9H13FO2. The Bertz CT molecular complexity index is 223. The molecule has 1 aliphatic carbocycles. The molecule has 3 unspecified atom stereocenters. The lowest BCUT2D eigenvalue weighted by Crippen LogP contribution is -2.29. The quantitative estimate of drug-likeness (QED) is 0.646. The van der Waals surface area contributed by atoms with Crippen LogP contribution in [0.15, 0.2) is 11.6 Å². The van der Waals surface area contributed by atoms with Crippen molar-refractivity contribution in [2.24, 2.45) is 5.92 Å². The van der Waals surface area contributed by atoms with Crippen molar-refractivity contribution in [3.8, 4) is 0 Å². The number of aliphatic hydroxyl groups is 1. The highest BCUT2D eigenvalue weighted by Gasteiger charge is 2.28. The van der Waals surface area contributed by atoms with Crippen LogP contribution in [0.1, 0.15) is 20.3 Å². The Morgan fingerprint density at radius 1 is 1.75 bits per heavy atom. The molecule has 0 aromatic rings. The zero-order chi connectivity index (χ0) is 9.30. The highest BCUT2D eigenvalue weighted by atomic mass is 19.1. The van der Waals surface area contributed by atoms with Crippen LogP contribution in [0.5, 0.6) is 0 Å². The average Bonchev–Trinajstić information content (AvgIpc) is 1.96. The van der Waals surface area contributed by atoms with Crippen molar-refractivity contribution < 1.29 is 14.3 Å². The molecule has 0 fully saturated rings. The number of halogens is 1. The van der Waals surface area contributed by atoms with E-state index in [4.69, 9.17) is 0 Å². The van der Waals surface area contributed by atoms with E-state index in [1.165, 1.54) is 13.0 Å². The number of alkyl halides is 1. The molecule has 0 spiro atoms. The maximum Gasteiger partial charge on any atom is 0.158 e. The molecule has 1 aliphatic rings. The number of carbonyl (C=O) groups is 1. The second-order valence-electron chi connectivity index (χ2n) is 3.35. The Kier molecular flexibility index (Phi) is 2.62. The molecule has 1 rings (SSSR count). The van der Waals surface area contributed by atoms with Gasteiger partial charge in [-0.15, -0.1) is 0 Å². The topological polar surface area (TPSA) is 37.3 Å². The monoisotopic (exact) mass is 172 g/mol. The van der Waals surface area contributed by atoms with Gasteiger partial charge in [-0.25, -0.2) is 4.39 Å². The molecule has 0 saturated carbocycles. The van der Waals surface area contributed by atoms with Gasteiger partial charge in [0, 0.05) is 5.57 Å². The molecule has 12 heavy (non-hydrogen) atoms. The molecule has 3 atom stereocenters. The number of hydrogen-bond acceptors (Lipinski definition) is 2. The SMILES string of the molecule is CC(=O)C1=CC(F)C(C)CC1O. The summed E-state index contributed by atoms with van der Waals surface area (Å²) in [6.45, 7) is 3.07. The van der Waals surface area contributed by atoms with Gasteiger partial charge in [0.05, 0.1) is 6.10 Å². The van der Waals surface area contributed by atoms with Gasteiger partial charge in [0.1, 0.15) is 6.17 Å². The summed E-state index contributed by atoms with van der Waals surface area (Å²) in [5.74, 6) is -0.430. The van der Waals surface area contributed by atoms with E-state index in [-0.39, 0.29) is 17.3 Å². The summed E-state index contributed by atoms with van der Waals surface area (Å²) in [7, 11) is 0. The van der Waals surface area contributed by atoms with E-state index in [0.29, 0.717) is 6.42 Å². The predicted molar refractivity (Wildman–Crippen MR) is 43.4 cm³/mol. The maximum absolute atomic E-state index is 13.0. The summed E-state index contributed by atoms with van der Waals surface area (Å²) in [5.41, 5.74) is 0.223. The molecule has 0 radical (unpaired) electrons. The van der Waals surface area contributed by atoms with Gasteiger partial charge in [-0.3, -0.25) is 4.79 Å². The van der Waals surface area contributed by atoms with Crippen LogP contribution in [0.25, 0.3) is 0 Å². The molecule has 0 heterocycles. The van der Waals surface area contributed by atoms with Gasteiger partial charge in [0.15, 0.2) is 5.78 Å². The molecule has 2 nitrogen and oxygen atoms in total. The third-order valence-electron chi connectivity index (χ3n) is 2.24. The fourth-order valence-electron chi connectivity index (χ4n) is 1.41. The van der Waals surface area contributed by atoms with Gasteiger partial charge in [-0.1, -0.05) is 6.92 Å². The first-order valence-corrected chi connectivity index (χ1v) is 4.07. The largest absolute Gasteiger partial charge is 0.388 e. The van der Waals surface area contributed by atoms with Gasteiger partial charge in [0.2, 0.25) is 0 Å². The minimum absolute atomic E-state index is 0.192. The standard InChI is InChI=1S/C9H13FO2/c1-5-3-9(12)7(6(2)11)4-8(5)10/h4-5,8-9,12H,3H2,1-2H3. The number of allylic oxidation sites excluding steroid dienone is 1. The Morgan fingerprint density at radius 2 is 2.33 bits per heavy atom. The van der Waals surface area contributed by atoms with E-state index in [1.807, 2.05) is 0 Å². The smallest absolute Gasteiger partial charge is 0.158 e. The number of carbonyl (C=O) groups excluding carboxylic acids is 1. The number of aliphatic hydroxyl groups excluding tert-OH is 1. The lowest BCUT2D eigenvalue weighted by Gasteiger charge is -2.25. The van der Waals surface area contributed by atoms with E-state index in [9.17, 15) is 14.3 Å².